The maximum Gasteiger partial charge on any atom is 0.272 e. The Hall–Kier alpha value is -2.86. The fourth-order valence-corrected chi connectivity index (χ4v) is 3.83. The number of hydrogen-bond acceptors (Lipinski definition) is 5. The number of nitrogens with zero attached hydrogens (tertiary/aromatic N) is 5. The van der Waals surface area contributed by atoms with E-state index in [9.17, 15) is 4.79 Å². The standard InChI is InChI=1S/C21H23N5O/c1-25-8-9-26(21(27)20-6-7-22-15-24-20)14-16(13-25)10-18-12-23-11-17-4-2-3-5-19(17)18/h2-7,11-12,15-16H,8-10,13-14H2,1H3. The van der Waals surface area contributed by atoms with E-state index in [0.717, 1.165) is 31.4 Å². The molecule has 0 spiro atoms. The van der Waals surface area contributed by atoms with E-state index in [4.69, 9.17) is 0 Å². The molecular weight excluding hydrogens is 338 g/mol. The molecule has 1 aliphatic rings. The van der Waals surface area contributed by atoms with Crippen molar-refractivity contribution in [1.82, 2.24) is 24.8 Å². The second-order valence-electron chi connectivity index (χ2n) is 7.20. The number of likely N-dealkylation sites (N-methyl/N-ethyl adjacent to an activating group) is 1. The van der Waals surface area contributed by atoms with Gasteiger partial charge in [0.25, 0.3) is 5.91 Å². The Labute approximate surface area is 158 Å². The van der Waals surface area contributed by atoms with E-state index in [1.165, 1.54) is 17.3 Å². The zero-order chi connectivity index (χ0) is 18.6. The third-order valence-corrected chi connectivity index (χ3v) is 5.15. The molecule has 1 aromatic carbocycles. The number of hydrogen-bond donors (Lipinski definition) is 0. The molecule has 27 heavy (non-hydrogen) atoms. The molecule has 3 aromatic rings. The molecule has 1 unspecified atom stereocenters. The first-order valence-corrected chi connectivity index (χ1v) is 9.26. The average Bonchev–Trinajstić information content (AvgIpc) is 2.89. The number of benzene rings is 1. The predicted octanol–water partition coefficient (Wildman–Crippen LogP) is 2.27. The van der Waals surface area contributed by atoms with Crippen molar-refractivity contribution >= 4 is 16.7 Å². The van der Waals surface area contributed by atoms with Crippen molar-refractivity contribution < 1.29 is 4.79 Å². The Morgan fingerprint density at radius 1 is 1.11 bits per heavy atom. The SMILES string of the molecule is CN1CCN(C(=O)c2ccncn2)CC(Cc2cncc3ccccc23)C1. The highest BCUT2D eigenvalue weighted by Crippen LogP contribution is 2.22. The minimum Gasteiger partial charge on any atom is -0.336 e. The van der Waals surface area contributed by atoms with Gasteiger partial charge in [0, 0.05) is 50.2 Å². The van der Waals surface area contributed by atoms with E-state index >= 15 is 0 Å². The first-order chi connectivity index (χ1) is 13.2. The largest absolute Gasteiger partial charge is 0.336 e. The molecule has 138 valence electrons. The number of aromatic nitrogens is 3. The second kappa shape index (κ2) is 7.80. The number of rotatable bonds is 3. The summed E-state index contributed by atoms with van der Waals surface area (Å²) in [6, 6.07) is 10.0. The molecule has 1 amide bonds. The molecule has 6 heteroatoms. The maximum atomic E-state index is 12.9. The quantitative estimate of drug-likeness (QED) is 0.716. The highest BCUT2D eigenvalue weighted by atomic mass is 16.2. The van der Waals surface area contributed by atoms with Crippen LogP contribution in [0.25, 0.3) is 10.8 Å². The molecule has 0 aliphatic carbocycles. The van der Waals surface area contributed by atoms with E-state index < -0.39 is 0 Å². The van der Waals surface area contributed by atoms with E-state index in [1.54, 1.807) is 12.3 Å². The Morgan fingerprint density at radius 3 is 2.85 bits per heavy atom. The summed E-state index contributed by atoms with van der Waals surface area (Å²) >= 11 is 0. The smallest absolute Gasteiger partial charge is 0.272 e. The normalized spacial score (nSPS) is 18.4. The van der Waals surface area contributed by atoms with Crippen molar-refractivity contribution in [2.75, 3.05) is 33.2 Å². The van der Waals surface area contributed by atoms with Crippen LogP contribution in [0.5, 0.6) is 0 Å². The third-order valence-electron chi connectivity index (χ3n) is 5.15. The van der Waals surface area contributed by atoms with Crippen LogP contribution >= 0.6 is 0 Å². The number of pyridine rings is 1. The van der Waals surface area contributed by atoms with Crippen LogP contribution in [0.1, 0.15) is 16.1 Å². The Balaban J connectivity index is 1.57. The van der Waals surface area contributed by atoms with Crippen molar-refractivity contribution in [1.29, 1.82) is 0 Å². The van der Waals surface area contributed by atoms with Gasteiger partial charge in [-0.1, -0.05) is 24.3 Å². The van der Waals surface area contributed by atoms with E-state index in [0.29, 0.717) is 18.2 Å². The lowest BCUT2D eigenvalue weighted by Crippen LogP contribution is -2.37. The molecule has 3 heterocycles. The van der Waals surface area contributed by atoms with Crippen molar-refractivity contribution in [3.63, 3.8) is 0 Å². The van der Waals surface area contributed by atoms with Crippen LogP contribution in [0.15, 0.2) is 55.2 Å². The Morgan fingerprint density at radius 2 is 2.00 bits per heavy atom. The van der Waals surface area contributed by atoms with Crippen LogP contribution in [0.3, 0.4) is 0 Å². The van der Waals surface area contributed by atoms with Gasteiger partial charge in [-0.2, -0.15) is 0 Å². The topological polar surface area (TPSA) is 62.2 Å². The van der Waals surface area contributed by atoms with Gasteiger partial charge in [0.2, 0.25) is 0 Å². The van der Waals surface area contributed by atoms with Crippen LogP contribution in [0, 0.1) is 5.92 Å². The molecule has 1 fully saturated rings. The van der Waals surface area contributed by atoms with Gasteiger partial charge >= 0.3 is 0 Å². The van der Waals surface area contributed by atoms with Gasteiger partial charge in [0.15, 0.2) is 0 Å². The average molecular weight is 361 g/mol. The van der Waals surface area contributed by atoms with Crippen LogP contribution in [0.4, 0.5) is 0 Å². The molecule has 4 rings (SSSR count). The lowest BCUT2D eigenvalue weighted by molar-refractivity contribution is 0.0740. The highest BCUT2D eigenvalue weighted by Gasteiger charge is 2.26. The number of carbonyl (C=O) groups is 1. The Bertz CT molecular complexity index is 925. The minimum atomic E-state index is -0.0197. The minimum absolute atomic E-state index is 0.0197. The van der Waals surface area contributed by atoms with Gasteiger partial charge in [0.05, 0.1) is 0 Å². The predicted molar refractivity (Wildman–Crippen MR) is 104 cm³/mol. The Kier molecular flexibility index (Phi) is 5.07. The number of carbonyl (C=O) groups excluding carboxylic acids is 1. The van der Waals surface area contributed by atoms with Crippen LogP contribution in [-0.2, 0) is 6.42 Å². The van der Waals surface area contributed by atoms with Gasteiger partial charge in [-0.15, -0.1) is 0 Å². The third kappa shape index (κ3) is 3.95. The van der Waals surface area contributed by atoms with Crippen molar-refractivity contribution in [3.05, 3.63) is 66.5 Å². The second-order valence-corrected chi connectivity index (χ2v) is 7.20. The first-order valence-electron chi connectivity index (χ1n) is 9.26. The van der Waals surface area contributed by atoms with Gasteiger partial charge in [0.1, 0.15) is 12.0 Å². The van der Waals surface area contributed by atoms with Crippen molar-refractivity contribution in [3.8, 4) is 0 Å². The molecule has 2 aromatic heterocycles. The lowest BCUT2D eigenvalue weighted by Gasteiger charge is -2.24. The summed E-state index contributed by atoms with van der Waals surface area (Å²) < 4.78 is 0. The molecule has 0 N–H and O–H groups in total. The molecular formula is C21H23N5O. The fourth-order valence-electron chi connectivity index (χ4n) is 3.83. The fraction of sp³-hybridized carbons (Fsp3) is 0.333. The molecule has 0 radical (unpaired) electrons. The van der Waals surface area contributed by atoms with E-state index in [-0.39, 0.29) is 5.91 Å². The number of amides is 1. The summed E-state index contributed by atoms with van der Waals surface area (Å²) in [4.78, 5) is 29.5. The van der Waals surface area contributed by atoms with Crippen molar-refractivity contribution in [2.45, 2.75) is 6.42 Å². The summed E-state index contributed by atoms with van der Waals surface area (Å²) in [6.45, 7) is 3.25. The van der Waals surface area contributed by atoms with Crippen molar-refractivity contribution in [2.24, 2.45) is 5.92 Å². The highest BCUT2D eigenvalue weighted by molar-refractivity contribution is 5.92. The zero-order valence-electron chi connectivity index (χ0n) is 15.5. The van der Waals surface area contributed by atoms with Crippen LogP contribution in [-0.4, -0.2) is 63.9 Å². The zero-order valence-corrected chi connectivity index (χ0v) is 15.5. The van der Waals surface area contributed by atoms with Crippen LogP contribution in [0.2, 0.25) is 0 Å². The van der Waals surface area contributed by atoms with E-state index in [2.05, 4.69) is 45.1 Å². The van der Waals surface area contributed by atoms with Gasteiger partial charge in [-0.05, 0) is 36.4 Å². The first kappa shape index (κ1) is 17.5. The van der Waals surface area contributed by atoms with Gasteiger partial charge in [-0.3, -0.25) is 9.78 Å². The summed E-state index contributed by atoms with van der Waals surface area (Å²) in [7, 11) is 2.12. The van der Waals surface area contributed by atoms with E-state index in [1.807, 2.05) is 23.4 Å². The summed E-state index contributed by atoms with van der Waals surface area (Å²) in [6.07, 6.45) is 7.80. The summed E-state index contributed by atoms with van der Waals surface area (Å²) in [5.74, 6) is 0.324. The molecule has 0 saturated carbocycles. The van der Waals surface area contributed by atoms with Gasteiger partial charge < -0.3 is 9.80 Å². The summed E-state index contributed by atoms with van der Waals surface area (Å²) in [5, 5.41) is 2.40. The number of fused-ring (bicyclic) bond motifs is 1. The van der Waals surface area contributed by atoms with Gasteiger partial charge in [-0.25, -0.2) is 9.97 Å². The molecule has 1 saturated heterocycles. The summed E-state index contributed by atoms with van der Waals surface area (Å²) in [5.41, 5.74) is 1.70. The molecule has 6 nitrogen and oxygen atoms in total. The van der Waals surface area contributed by atoms with Crippen LogP contribution < -0.4 is 0 Å². The lowest BCUT2D eigenvalue weighted by atomic mass is 9.96. The monoisotopic (exact) mass is 361 g/mol. The molecule has 1 atom stereocenters. The molecule has 0 bridgehead atoms. The maximum absolute atomic E-state index is 12.9. The molecule has 1 aliphatic heterocycles.